The molecular formula is C24H16N2O3. The highest BCUT2D eigenvalue weighted by atomic mass is 16.5. The number of hydrogen-bond acceptors (Lipinski definition) is 5. The lowest BCUT2D eigenvalue weighted by Crippen LogP contribution is -2.00. The molecule has 5 rings (SSSR count). The Balaban J connectivity index is 1.67. The minimum Gasteiger partial charge on any atom is -0.438 e. The average molecular weight is 380 g/mol. The molecule has 5 aromatic rings. The van der Waals surface area contributed by atoms with Crippen LogP contribution in [0.4, 0.5) is 0 Å². The summed E-state index contributed by atoms with van der Waals surface area (Å²) in [5.74, 6) is 1.04. The van der Waals surface area contributed by atoms with Crippen LogP contribution in [0.2, 0.25) is 0 Å². The molecule has 0 amide bonds. The minimum atomic E-state index is -0.399. The lowest BCUT2D eigenvalue weighted by Gasteiger charge is -2.12. The molecule has 0 unspecified atom stereocenters. The second-order valence-electron chi connectivity index (χ2n) is 6.71. The van der Waals surface area contributed by atoms with E-state index in [9.17, 15) is 4.79 Å². The van der Waals surface area contributed by atoms with Crippen molar-refractivity contribution in [2.24, 2.45) is 0 Å². The van der Waals surface area contributed by atoms with Crippen LogP contribution in [0, 0.1) is 6.92 Å². The van der Waals surface area contributed by atoms with E-state index in [4.69, 9.17) is 9.15 Å². The Bertz CT molecular complexity index is 1400. The highest BCUT2D eigenvalue weighted by Crippen LogP contribution is 2.35. The zero-order chi connectivity index (χ0) is 19.8. The van der Waals surface area contributed by atoms with E-state index in [1.807, 2.05) is 73.7 Å². The number of aromatic nitrogens is 2. The van der Waals surface area contributed by atoms with Gasteiger partial charge in [0.1, 0.15) is 17.7 Å². The van der Waals surface area contributed by atoms with Gasteiger partial charge >= 0.3 is 5.63 Å². The summed E-state index contributed by atoms with van der Waals surface area (Å²) < 4.78 is 11.7. The monoisotopic (exact) mass is 380 g/mol. The molecule has 0 aliphatic carbocycles. The smallest absolute Gasteiger partial charge is 0.336 e. The van der Waals surface area contributed by atoms with Gasteiger partial charge < -0.3 is 9.15 Å². The van der Waals surface area contributed by atoms with Gasteiger partial charge in [-0.1, -0.05) is 42.5 Å². The predicted molar refractivity (Wildman–Crippen MR) is 112 cm³/mol. The first-order valence-corrected chi connectivity index (χ1v) is 9.21. The van der Waals surface area contributed by atoms with Crippen molar-refractivity contribution in [1.82, 2.24) is 9.97 Å². The molecule has 0 aliphatic rings. The van der Waals surface area contributed by atoms with E-state index < -0.39 is 5.63 Å². The fraction of sp³-hybridized carbons (Fsp3) is 0.0417. The molecule has 0 radical (unpaired) electrons. The molecule has 0 saturated carbocycles. The molecule has 140 valence electrons. The fourth-order valence-electron chi connectivity index (χ4n) is 3.48. The molecule has 2 heterocycles. The lowest BCUT2D eigenvalue weighted by atomic mass is 10.0. The number of para-hydroxylation sites is 1. The van der Waals surface area contributed by atoms with Crippen LogP contribution in [-0.2, 0) is 0 Å². The molecule has 5 nitrogen and oxygen atoms in total. The summed E-state index contributed by atoms with van der Waals surface area (Å²) in [6, 6.07) is 22.7. The van der Waals surface area contributed by atoms with E-state index in [-0.39, 0.29) is 0 Å². The second-order valence-corrected chi connectivity index (χ2v) is 6.71. The number of rotatable bonds is 3. The van der Waals surface area contributed by atoms with Crippen LogP contribution in [0.15, 0.2) is 88.3 Å². The maximum Gasteiger partial charge on any atom is 0.336 e. The van der Waals surface area contributed by atoms with Crippen molar-refractivity contribution in [3.63, 3.8) is 0 Å². The standard InChI is InChI=1S/C24H16N2O3/c1-15-21(28-24-18-9-5-6-10-20(18)25-14-26-24)12-11-17-19(13-22(27)29-23(15)17)16-7-3-2-4-8-16/h2-14H,1H3. The van der Waals surface area contributed by atoms with Gasteiger partial charge in [0.2, 0.25) is 5.88 Å². The number of hydrogen-bond donors (Lipinski definition) is 0. The summed E-state index contributed by atoms with van der Waals surface area (Å²) in [6.07, 6.45) is 1.47. The third-order valence-corrected chi connectivity index (χ3v) is 4.91. The summed E-state index contributed by atoms with van der Waals surface area (Å²) in [7, 11) is 0. The van der Waals surface area contributed by atoms with Crippen LogP contribution in [-0.4, -0.2) is 9.97 Å². The first kappa shape index (κ1) is 17.1. The van der Waals surface area contributed by atoms with Crippen LogP contribution in [0.5, 0.6) is 11.6 Å². The Morgan fingerprint density at radius 1 is 0.862 bits per heavy atom. The van der Waals surface area contributed by atoms with Crippen LogP contribution in [0.3, 0.4) is 0 Å². The van der Waals surface area contributed by atoms with E-state index in [1.165, 1.54) is 12.4 Å². The summed E-state index contributed by atoms with van der Waals surface area (Å²) in [6.45, 7) is 1.87. The highest BCUT2D eigenvalue weighted by molar-refractivity contribution is 5.95. The quantitative estimate of drug-likeness (QED) is 0.387. The first-order chi connectivity index (χ1) is 14.2. The topological polar surface area (TPSA) is 65.2 Å². The Morgan fingerprint density at radius 3 is 2.52 bits per heavy atom. The van der Waals surface area contributed by atoms with Gasteiger partial charge in [-0.15, -0.1) is 0 Å². The van der Waals surface area contributed by atoms with Gasteiger partial charge in [0, 0.05) is 17.0 Å². The molecule has 0 fully saturated rings. The van der Waals surface area contributed by atoms with E-state index >= 15 is 0 Å². The molecule has 0 N–H and O–H groups in total. The van der Waals surface area contributed by atoms with Crippen molar-refractivity contribution in [2.45, 2.75) is 6.92 Å². The van der Waals surface area contributed by atoms with Gasteiger partial charge in [-0.05, 0) is 42.3 Å². The largest absolute Gasteiger partial charge is 0.438 e. The predicted octanol–water partition coefficient (Wildman–Crippen LogP) is 5.50. The van der Waals surface area contributed by atoms with E-state index in [1.54, 1.807) is 0 Å². The molecule has 2 aromatic heterocycles. The van der Waals surface area contributed by atoms with Gasteiger partial charge in [-0.2, -0.15) is 0 Å². The Labute approximate surface area is 166 Å². The molecule has 5 heteroatoms. The van der Waals surface area contributed by atoms with Gasteiger partial charge in [-0.3, -0.25) is 0 Å². The average Bonchev–Trinajstić information content (AvgIpc) is 2.76. The van der Waals surface area contributed by atoms with Gasteiger partial charge in [0.05, 0.1) is 10.9 Å². The Kier molecular flexibility index (Phi) is 4.06. The van der Waals surface area contributed by atoms with Crippen LogP contribution in [0.25, 0.3) is 33.0 Å². The summed E-state index contributed by atoms with van der Waals surface area (Å²) >= 11 is 0. The minimum absolute atomic E-state index is 0.399. The third-order valence-electron chi connectivity index (χ3n) is 4.91. The van der Waals surface area contributed by atoms with Crippen LogP contribution >= 0.6 is 0 Å². The highest BCUT2D eigenvalue weighted by Gasteiger charge is 2.15. The summed E-state index contributed by atoms with van der Waals surface area (Å²) in [5.41, 5.74) is 3.43. The molecule has 0 spiro atoms. The zero-order valence-corrected chi connectivity index (χ0v) is 15.6. The van der Waals surface area contributed by atoms with Crippen LogP contribution in [0.1, 0.15) is 5.56 Å². The fourth-order valence-corrected chi connectivity index (χ4v) is 3.48. The van der Waals surface area contributed by atoms with Gasteiger partial charge in [-0.25, -0.2) is 14.8 Å². The van der Waals surface area contributed by atoms with Crippen molar-refractivity contribution in [3.8, 4) is 22.8 Å². The number of fused-ring (bicyclic) bond motifs is 2. The maximum absolute atomic E-state index is 12.2. The molecule has 0 bridgehead atoms. The molecule has 0 saturated heterocycles. The number of ether oxygens (including phenoxy) is 1. The van der Waals surface area contributed by atoms with E-state index in [2.05, 4.69) is 9.97 Å². The van der Waals surface area contributed by atoms with Crippen molar-refractivity contribution in [1.29, 1.82) is 0 Å². The molecule has 0 aliphatic heterocycles. The number of benzene rings is 3. The van der Waals surface area contributed by atoms with Gasteiger partial charge in [0.25, 0.3) is 0 Å². The zero-order valence-electron chi connectivity index (χ0n) is 15.6. The lowest BCUT2D eigenvalue weighted by molar-refractivity contribution is 0.462. The number of aryl methyl sites for hydroxylation is 1. The maximum atomic E-state index is 12.2. The van der Waals surface area contributed by atoms with E-state index in [0.29, 0.717) is 17.2 Å². The summed E-state index contributed by atoms with van der Waals surface area (Å²) in [5, 5.41) is 1.67. The first-order valence-electron chi connectivity index (χ1n) is 9.21. The van der Waals surface area contributed by atoms with Gasteiger partial charge in [0.15, 0.2) is 0 Å². The normalized spacial score (nSPS) is 11.1. The second kappa shape index (κ2) is 6.87. The molecule has 0 atom stereocenters. The van der Waals surface area contributed by atoms with Crippen LogP contribution < -0.4 is 10.4 Å². The molecule has 29 heavy (non-hydrogen) atoms. The van der Waals surface area contributed by atoms with Crippen molar-refractivity contribution in [2.75, 3.05) is 0 Å². The Morgan fingerprint density at radius 2 is 1.66 bits per heavy atom. The number of nitrogens with zero attached hydrogens (tertiary/aromatic N) is 2. The molecular weight excluding hydrogens is 364 g/mol. The third kappa shape index (κ3) is 3.02. The molecule has 3 aromatic carbocycles. The van der Waals surface area contributed by atoms with E-state index in [0.717, 1.165) is 33.0 Å². The SMILES string of the molecule is Cc1c(Oc2ncnc3ccccc23)ccc2c(-c3ccccc3)cc(=O)oc12. The van der Waals surface area contributed by atoms with Crippen molar-refractivity contribution < 1.29 is 9.15 Å². The van der Waals surface area contributed by atoms with Crippen molar-refractivity contribution >= 4 is 21.9 Å². The summed E-state index contributed by atoms with van der Waals surface area (Å²) in [4.78, 5) is 20.8. The van der Waals surface area contributed by atoms with Crippen molar-refractivity contribution in [3.05, 3.63) is 95.1 Å². The Hall–Kier alpha value is -3.99.